The molecular formula is C54H36N4. The number of benzene rings is 9. The van der Waals surface area contributed by atoms with Gasteiger partial charge in [-0.15, -0.1) is 0 Å². The highest BCUT2D eigenvalue weighted by Crippen LogP contribution is 2.45. The monoisotopic (exact) mass is 740 g/mol. The van der Waals surface area contributed by atoms with Gasteiger partial charge in [0.05, 0.1) is 38.8 Å². The van der Waals surface area contributed by atoms with Crippen molar-refractivity contribution in [2.24, 2.45) is 0 Å². The molecule has 0 N–H and O–H groups in total. The Hall–Kier alpha value is -7.82. The Labute approximate surface area is 335 Å². The van der Waals surface area contributed by atoms with Crippen LogP contribution in [0.25, 0.3) is 82.5 Å². The van der Waals surface area contributed by atoms with Crippen LogP contribution in [0.15, 0.2) is 218 Å². The minimum Gasteiger partial charge on any atom is -0.310 e. The van der Waals surface area contributed by atoms with Crippen LogP contribution in [0.1, 0.15) is 0 Å². The average molecular weight is 741 g/mol. The Morgan fingerprint density at radius 1 is 0.259 bits per heavy atom. The smallest absolute Gasteiger partial charge is 0.0562 e. The van der Waals surface area contributed by atoms with Gasteiger partial charge in [-0.25, -0.2) is 0 Å². The Morgan fingerprint density at radius 2 is 0.655 bits per heavy atom. The molecule has 0 amide bonds. The fraction of sp³-hybridized carbons (Fsp3) is 0. The lowest BCUT2D eigenvalue weighted by Gasteiger charge is -2.27. The molecule has 4 nitrogen and oxygen atoms in total. The summed E-state index contributed by atoms with van der Waals surface area (Å²) in [4.78, 5) is 2.45. The maximum absolute atomic E-state index is 2.45. The molecular weight excluding hydrogens is 705 g/mol. The highest BCUT2D eigenvalue weighted by molar-refractivity contribution is 6.17. The minimum absolute atomic E-state index is 1.08. The van der Waals surface area contributed by atoms with Gasteiger partial charge in [0.1, 0.15) is 0 Å². The maximum atomic E-state index is 2.45. The van der Waals surface area contributed by atoms with Crippen molar-refractivity contribution >= 4 is 82.5 Å². The van der Waals surface area contributed by atoms with E-state index < -0.39 is 0 Å². The van der Waals surface area contributed by atoms with E-state index in [1.54, 1.807) is 0 Å². The number of para-hydroxylation sites is 6. The van der Waals surface area contributed by atoms with Crippen molar-refractivity contribution in [1.29, 1.82) is 0 Å². The Bertz CT molecular complexity index is 3440. The van der Waals surface area contributed by atoms with Gasteiger partial charge in [0.25, 0.3) is 0 Å². The first kappa shape index (κ1) is 32.4. The van der Waals surface area contributed by atoms with Crippen LogP contribution in [0.5, 0.6) is 0 Å². The molecule has 0 aliphatic rings. The zero-order valence-electron chi connectivity index (χ0n) is 31.6. The van der Waals surface area contributed by atoms with Crippen molar-refractivity contribution in [1.82, 2.24) is 13.7 Å². The summed E-state index contributed by atoms with van der Waals surface area (Å²) >= 11 is 0. The van der Waals surface area contributed by atoms with Gasteiger partial charge in [0.15, 0.2) is 0 Å². The molecule has 12 rings (SSSR count). The lowest BCUT2D eigenvalue weighted by atomic mass is 10.1. The van der Waals surface area contributed by atoms with Crippen LogP contribution in [-0.2, 0) is 0 Å². The molecule has 58 heavy (non-hydrogen) atoms. The lowest BCUT2D eigenvalue weighted by molar-refractivity contribution is 1.17. The molecule has 0 bridgehead atoms. The first-order valence-electron chi connectivity index (χ1n) is 19.9. The summed E-state index contributed by atoms with van der Waals surface area (Å²) in [5.74, 6) is 0. The van der Waals surface area contributed by atoms with Crippen molar-refractivity contribution in [2.45, 2.75) is 0 Å². The predicted octanol–water partition coefficient (Wildman–Crippen LogP) is 14.4. The number of aromatic nitrogens is 3. The second-order valence-corrected chi connectivity index (χ2v) is 15.0. The molecule has 0 saturated carbocycles. The van der Waals surface area contributed by atoms with Crippen LogP contribution in [0.3, 0.4) is 0 Å². The molecule has 3 aromatic heterocycles. The van der Waals surface area contributed by atoms with Gasteiger partial charge in [0, 0.05) is 60.8 Å². The van der Waals surface area contributed by atoms with E-state index in [9.17, 15) is 0 Å². The fourth-order valence-corrected chi connectivity index (χ4v) is 9.37. The quantitative estimate of drug-likeness (QED) is 0.166. The van der Waals surface area contributed by atoms with E-state index in [1.165, 1.54) is 54.4 Å². The molecule has 0 aliphatic heterocycles. The van der Waals surface area contributed by atoms with E-state index in [0.717, 1.165) is 45.2 Å². The zero-order chi connectivity index (χ0) is 38.2. The predicted molar refractivity (Wildman–Crippen MR) is 244 cm³/mol. The van der Waals surface area contributed by atoms with E-state index >= 15 is 0 Å². The van der Waals surface area contributed by atoms with Gasteiger partial charge in [-0.3, -0.25) is 0 Å². The van der Waals surface area contributed by atoms with Gasteiger partial charge in [0.2, 0.25) is 0 Å². The second kappa shape index (κ2) is 12.9. The van der Waals surface area contributed by atoms with Crippen LogP contribution in [0.4, 0.5) is 17.1 Å². The molecule has 0 fully saturated rings. The largest absolute Gasteiger partial charge is 0.310 e. The molecule has 0 spiro atoms. The third-order valence-corrected chi connectivity index (χ3v) is 11.8. The van der Waals surface area contributed by atoms with Crippen LogP contribution in [0, 0.1) is 0 Å². The molecule has 0 radical (unpaired) electrons. The van der Waals surface area contributed by atoms with Crippen molar-refractivity contribution in [2.75, 3.05) is 4.90 Å². The normalized spacial score (nSPS) is 11.8. The average Bonchev–Trinajstić information content (AvgIpc) is 3.93. The zero-order valence-corrected chi connectivity index (χ0v) is 31.6. The van der Waals surface area contributed by atoms with E-state index in [-0.39, 0.29) is 0 Å². The summed E-state index contributed by atoms with van der Waals surface area (Å²) in [6.45, 7) is 0. The van der Waals surface area contributed by atoms with Gasteiger partial charge < -0.3 is 18.6 Å². The van der Waals surface area contributed by atoms with E-state index in [4.69, 9.17) is 0 Å². The number of anilines is 3. The lowest BCUT2D eigenvalue weighted by Crippen LogP contribution is -2.11. The van der Waals surface area contributed by atoms with Gasteiger partial charge >= 0.3 is 0 Å². The van der Waals surface area contributed by atoms with Crippen molar-refractivity contribution in [3.05, 3.63) is 218 Å². The summed E-state index contributed by atoms with van der Waals surface area (Å²) in [5.41, 5.74) is 13.8. The molecule has 0 aliphatic carbocycles. The molecule has 0 atom stereocenters. The minimum atomic E-state index is 1.08. The molecule has 0 saturated heterocycles. The van der Waals surface area contributed by atoms with Gasteiger partial charge in [-0.05, 0) is 97.1 Å². The van der Waals surface area contributed by atoms with Crippen LogP contribution in [-0.4, -0.2) is 13.7 Å². The summed E-state index contributed by atoms with van der Waals surface area (Å²) in [7, 11) is 0. The third kappa shape index (κ3) is 4.82. The number of nitrogens with zero attached hydrogens (tertiary/aromatic N) is 4. The van der Waals surface area contributed by atoms with Crippen molar-refractivity contribution < 1.29 is 0 Å². The maximum Gasteiger partial charge on any atom is 0.0562 e. The first-order chi connectivity index (χ1) is 28.8. The van der Waals surface area contributed by atoms with E-state index in [1.807, 2.05) is 0 Å². The van der Waals surface area contributed by atoms with Crippen LogP contribution >= 0.6 is 0 Å². The molecule has 4 heteroatoms. The molecule has 3 heterocycles. The summed E-state index contributed by atoms with van der Waals surface area (Å²) < 4.78 is 7.19. The van der Waals surface area contributed by atoms with Crippen LogP contribution < -0.4 is 4.90 Å². The SMILES string of the molecule is c1ccc(-n2c3ccccc3c3ccc(N(c4ccc(-n5c6ccccc6c6ccccc65)cc4)c4cccc5c4c4ccccc4n5-c4ccccc4)cc32)cc1. The highest BCUT2D eigenvalue weighted by atomic mass is 15.2. The molecule has 0 unspecified atom stereocenters. The molecule has 272 valence electrons. The Balaban J connectivity index is 1.13. The number of rotatable bonds is 6. The van der Waals surface area contributed by atoms with Crippen molar-refractivity contribution in [3.63, 3.8) is 0 Å². The van der Waals surface area contributed by atoms with Gasteiger partial charge in [-0.2, -0.15) is 0 Å². The molecule has 12 aromatic rings. The van der Waals surface area contributed by atoms with E-state index in [2.05, 4.69) is 237 Å². The third-order valence-electron chi connectivity index (χ3n) is 11.8. The standard InChI is InChI=1S/C54H36N4/c1-3-16-37(17-4-1)57-50-27-14-10-23-46(50)54-51(28-15-29-52(54)57)55(39-30-32-40(33-31-39)56-47-24-11-7-20-42(47)43-21-8-12-25-48(43)56)41-34-35-45-44-22-9-13-26-49(44)58(53(45)36-41)38-18-5-2-6-19-38/h1-36H. The second-order valence-electron chi connectivity index (χ2n) is 15.0. The number of fused-ring (bicyclic) bond motifs is 9. The van der Waals surface area contributed by atoms with Crippen LogP contribution in [0.2, 0.25) is 0 Å². The number of hydrogen-bond donors (Lipinski definition) is 0. The van der Waals surface area contributed by atoms with Crippen molar-refractivity contribution in [3.8, 4) is 17.1 Å². The number of hydrogen-bond acceptors (Lipinski definition) is 1. The van der Waals surface area contributed by atoms with E-state index in [0.29, 0.717) is 0 Å². The topological polar surface area (TPSA) is 18.0 Å². The summed E-state index contributed by atoms with van der Waals surface area (Å²) in [5, 5.41) is 7.40. The Morgan fingerprint density at radius 3 is 1.22 bits per heavy atom. The van der Waals surface area contributed by atoms with Gasteiger partial charge in [-0.1, -0.05) is 121 Å². The summed E-state index contributed by atoms with van der Waals surface area (Å²) in [6.07, 6.45) is 0. The highest BCUT2D eigenvalue weighted by Gasteiger charge is 2.23. The first-order valence-corrected chi connectivity index (χ1v) is 19.9. The fourth-order valence-electron chi connectivity index (χ4n) is 9.37. The Kier molecular flexibility index (Phi) is 7.20. The molecule has 9 aromatic carbocycles. The summed E-state index contributed by atoms with van der Waals surface area (Å²) in [6, 6.07) is 79.2.